The lowest BCUT2D eigenvalue weighted by Gasteiger charge is -2.30. The number of aryl methyl sites for hydroxylation is 3. The van der Waals surface area contributed by atoms with Crippen LogP contribution in [-0.4, -0.2) is 20.8 Å². The number of nitrogens with zero attached hydrogens (tertiary/aromatic N) is 3. The Balaban J connectivity index is 1.28. The van der Waals surface area contributed by atoms with Crippen LogP contribution in [0.25, 0.3) is 10.9 Å². The first-order valence-corrected chi connectivity index (χ1v) is 10.4. The van der Waals surface area contributed by atoms with Gasteiger partial charge in [-0.15, -0.1) is 0 Å². The molecule has 1 aromatic carbocycles. The second-order valence-electron chi connectivity index (χ2n) is 8.24. The van der Waals surface area contributed by atoms with E-state index in [4.69, 9.17) is 10.1 Å². The van der Waals surface area contributed by atoms with E-state index in [1.54, 1.807) is 4.68 Å². The van der Waals surface area contributed by atoms with Crippen molar-refractivity contribution in [3.05, 3.63) is 63.6 Å². The molecule has 0 bridgehead atoms. The first kappa shape index (κ1) is 17.4. The highest BCUT2D eigenvalue weighted by Crippen LogP contribution is 2.30. The minimum Gasteiger partial charge on any atom is -0.367 e. The molecule has 0 spiro atoms. The van der Waals surface area contributed by atoms with E-state index < -0.39 is 0 Å². The van der Waals surface area contributed by atoms with Gasteiger partial charge in [-0.2, -0.15) is 5.10 Å². The first-order valence-electron chi connectivity index (χ1n) is 10.4. The quantitative estimate of drug-likeness (QED) is 0.747. The zero-order chi connectivity index (χ0) is 19.1. The van der Waals surface area contributed by atoms with E-state index in [2.05, 4.69) is 36.5 Å². The number of hydrogen-bond acceptors (Lipinski definition) is 4. The minimum atomic E-state index is 0.0730. The van der Waals surface area contributed by atoms with Gasteiger partial charge in [-0.05, 0) is 75.1 Å². The zero-order valence-electron chi connectivity index (χ0n) is 16.3. The summed E-state index contributed by atoms with van der Waals surface area (Å²) in [6.45, 7) is 2.14. The average Bonchev–Trinajstić information content (AvgIpc) is 3.15. The van der Waals surface area contributed by atoms with Crippen LogP contribution in [0.5, 0.6) is 0 Å². The molecule has 1 fully saturated rings. The number of anilines is 1. The molecule has 2 heterocycles. The van der Waals surface area contributed by atoms with Crippen molar-refractivity contribution in [1.82, 2.24) is 14.8 Å². The summed E-state index contributed by atoms with van der Waals surface area (Å²) >= 11 is 0. The Kier molecular flexibility index (Phi) is 4.38. The minimum absolute atomic E-state index is 0.0730. The Bertz CT molecular complexity index is 1080. The molecule has 5 heteroatoms. The molecule has 144 valence electrons. The Morgan fingerprint density at radius 1 is 1.07 bits per heavy atom. The van der Waals surface area contributed by atoms with E-state index in [1.165, 1.54) is 10.9 Å². The van der Waals surface area contributed by atoms with Crippen LogP contribution in [0.4, 0.5) is 5.82 Å². The van der Waals surface area contributed by atoms with Crippen LogP contribution in [0.2, 0.25) is 0 Å². The van der Waals surface area contributed by atoms with Gasteiger partial charge in [0.1, 0.15) is 5.82 Å². The molecule has 1 N–H and O–H groups in total. The maximum absolute atomic E-state index is 12.5. The van der Waals surface area contributed by atoms with Crippen LogP contribution >= 0.6 is 0 Å². The Labute approximate surface area is 164 Å². The summed E-state index contributed by atoms with van der Waals surface area (Å²) in [4.78, 5) is 17.3. The van der Waals surface area contributed by atoms with Crippen LogP contribution in [0.1, 0.15) is 55.0 Å². The second kappa shape index (κ2) is 7.04. The molecule has 28 heavy (non-hydrogen) atoms. The topological polar surface area (TPSA) is 59.8 Å². The van der Waals surface area contributed by atoms with Gasteiger partial charge < -0.3 is 5.32 Å². The Morgan fingerprint density at radius 2 is 1.89 bits per heavy atom. The summed E-state index contributed by atoms with van der Waals surface area (Å²) in [6.07, 6.45) is 7.17. The van der Waals surface area contributed by atoms with Crippen LogP contribution in [0, 0.1) is 6.92 Å². The summed E-state index contributed by atoms with van der Waals surface area (Å²) in [5, 5.41) is 9.53. The van der Waals surface area contributed by atoms with Crippen LogP contribution in [0.3, 0.4) is 0 Å². The number of hydrogen-bond donors (Lipinski definition) is 1. The van der Waals surface area contributed by atoms with Crippen molar-refractivity contribution in [2.24, 2.45) is 0 Å². The molecule has 2 aliphatic rings. The molecule has 0 saturated heterocycles. The van der Waals surface area contributed by atoms with Crippen LogP contribution in [-0.2, 0) is 12.8 Å². The van der Waals surface area contributed by atoms with Gasteiger partial charge in [0.05, 0.1) is 17.3 Å². The fraction of sp³-hybridized carbons (Fsp3) is 0.435. The molecule has 0 amide bonds. The third-order valence-corrected chi connectivity index (χ3v) is 6.30. The summed E-state index contributed by atoms with van der Waals surface area (Å²) in [6, 6.07) is 12.9. The van der Waals surface area contributed by atoms with Crippen molar-refractivity contribution in [2.45, 2.75) is 64.0 Å². The maximum atomic E-state index is 12.5. The number of pyridine rings is 1. The molecular weight excluding hydrogens is 348 g/mol. The highest BCUT2D eigenvalue weighted by atomic mass is 16.1. The van der Waals surface area contributed by atoms with Crippen molar-refractivity contribution in [3.63, 3.8) is 0 Å². The Hall–Kier alpha value is -2.69. The van der Waals surface area contributed by atoms with E-state index in [0.29, 0.717) is 6.04 Å². The molecule has 2 aromatic heterocycles. The van der Waals surface area contributed by atoms with Crippen molar-refractivity contribution >= 4 is 16.7 Å². The van der Waals surface area contributed by atoms with Gasteiger partial charge in [0, 0.05) is 17.5 Å². The van der Waals surface area contributed by atoms with Crippen molar-refractivity contribution in [3.8, 4) is 0 Å². The SMILES string of the molecule is Cc1cc(NC2CCC(n3nc4c(cc3=O)CCC4)CC2)nc2ccccc12. The van der Waals surface area contributed by atoms with Gasteiger partial charge in [-0.25, -0.2) is 9.67 Å². The summed E-state index contributed by atoms with van der Waals surface area (Å²) in [7, 11) is 0. The molecule has 0 aliphatic heterocycles. The lowest BCUT2D eigenvalue weighted by Crippen LogP contribution is -2.34. The van der Waals surface area contributed by atoms with Crippen LogP contribution < -0.4 is 10.9 Å². The number of aromatic nitrogens is 3. The lowest BCUT2D eigenvalue weighted by atomic mass is 9.91. The van der Waals surface area contributed by atoms with E-state index >= 15 is 0 Å². The predicted molar refractivity (Wildman–Crippen MR) is 112 cm³/mol. The second-order valence-corrected chi connectivity index (χ2v) is 8.24. The fourth-order valence-electron chi connectivity index (χ4n) is 4.77. The van der Waals surface area contributed by atoms with E-state index in [9.17, 15) is 4.79 Å². The molecule has 0 atom stereocenters. The molecule has 2 aliphatic carbocycles. The Morgan fingerprint density at radius 3 is 2.75 bits per heavy atom. The lowest BCUT2D eigenvalue weighted by molar-refractivity contribution is 0.302. The van der Waals surface area contributed by atoms with Gasteiger partial charge >= 0.3 is 0 Å². The standard InChI is InChI=1S/C23H26N4O/c1-15-13-22(25-21-7-3-2-6-19(15)21)24-17-9-11-18(12-10-17)27-23(28)14-16-5-4-8-20(16)26-27/h2-3,6-7,13-14,17-18H,4-5,8-12H2,1H3,(H,24,25). The number of fused-ring (bicyclic) bond motifs is 2. The van der Waals surface area contributed by atoms with E-state index in [-0.39, 0.29) is 11.6 Å². The zero-order valence-corrected chi connectivity index (χ0v) is 16.3. The number of benzene rings is 1. The number of para-hydroxylation sites is 1. The molecule has 3 aromatic rings. The van der Waals surface area contributed by atoms with Gasteiger partial charge in [0.25, 0.3) is 5.56 Å². The predicted octanol–water partition coefficient (Wildman–Crippen LogP) is 4.18. The van der Waals surface area contributed by atoms with Crippen molar-refractivity contribution < 1.29 is 0 Å². The highest BCUT2D eigenvalue weighted by Gasteiger charge is 2.25. The molecular formula is C23H26N4O. The van der Waals surface area contributed by atoms with Crippen LogP contribution in [0.15, 0.2) is 41.2 Å². The van der Waals surface area contributed by atoms with Gasteiger partial charge in [-0.1, -0.05) is 18.2 Å². The third-order valence-electron chi connectivity index (χ3n) is 6.30. The van der Waals surface area contributed by atoms with E-state index in [0.717, 1.165) is 67.5 Å². The summed E-state index contributed by atoms with van der Waals surface area (Å²) in [5.74, 6) is 0.951. The molecule has 5 rings (SSSR count). The highest BCUT2D eigenvalue weighted by molar-refractivity contribution is 5.83. The summed E-state index contributed by atoms with van der Waals surface area (Å²) < 4.78 is 1.76. The molecule has 0 unspecified atom stereocenters. The average molecular weight is 374 g/mol. The third kappa shape index (κ3) is 3.19. The van der Waals surface area contributed by atoms with Crippen molar-refractivity contribution in [2.75, 3.05) is 5.32 Å². The maximum Gasteiger partial charge on any atom is 0.267 e. The molecule has 0 radical (unpaired) electrons. The molecule has 1 saturated carbocycles. The van der Waals surface area contributed by atoms with E-state index in [1.807, 2.05) is 12.1 Å². The normalized spacial score (nSPS) is 21.6. The van der Waals surface area contributed by atoms with Gasteiger partial charge in [0.2, 0.25) is 0 Å². The number of rotatable bonds is 3. The summed E-state index contributed by atoms with van der Waals surface area (Å²) in [5.41, 5.74) is 4.65. The first-order chi connectivity index (χ1) is 13.7. The molecule has 5 nitrogen and oxygen atoms in total. The van der Waals surface area contributed by atoms with Gasteiger partial charge in [0.15, 0.2) is 0 Å². The number of nitrogens with one attached hydrogen (secondary N) is 1. The van der Waals surface area contributed by atoms with Gasteiger partial charge in [-0.3, -0.25) is 4.79 Å². The fourth-order valence-corrected chi connectivity index (χ4v) is 4.77. The monoisotopic (exact) mass is 374 g/mol. The largest absolute Gasteiger partial charge is 0.367 e. The van der Waals surface area contributed by atoms with Crippen molar-refractivity contribution in [1.29, 1.82) is 0 Å². The smallest absolute Gasteiger partial charge is 0.267 e.